The van der Waals surface area contributed by atoms with Crippen LogP contribution < -0.4 is 20.7 Å². The lowest BCUT2D eigenvalue weighted by atomic mass is 9.68. The minimum atomic E-state index is 0.389. The van der Waals surface area contributed by atoms with E-state index in [4.69, 9.17) is 9.97 Å². The van der Waals surface area contributed by atoms with Crippen LogP contribution in [0.1, 0.15) is 87.0 Å². The van der Waals surface area contributed by atoms with Gasteiger partial charge in [-0.25, -0.2) is 9.97 Å². The third kappa shape index (κ3) is 4.95. The maximum absolute atomic E-state index is 5.54. The highest BCUT2D eigenvalue weighted by molar-refractivity contribution is 5.60. The summed E-state index contributed by atoms with van der Waals surface area (Å²) in [5, 5.41) is 0. The van der Waals surface area contributed by atoms with Crippen LogP contribution in [0.2, 0.25) is 0 Å². The monoisotopic (exact) mass is 531 g/mol. The summed E-state index contributed by atoms with van der Waals surface area (Å²) in [5.41, 5.74) is 13.9. The van der Waals surface area contributed by atoms with Gasteiger partial charge in [0.1, 0.15) is 11.6 Å². The second kappa shape index (κ2) is 10.6. The molecular weight excluding hydrogens is 482 g/mol. The van der Waals surface area contributed by atoms with Crippen molar-refractivity contribution in [1.82, 2.24) is 25.7 Å². The van der Waals surface area contributed by atoms with Crippen molar-refractivity contribution in [2.45, 2.75) is 96.8 Å². The van der Waals surface area contributed by atoms with Gasteiger partial charge >= 0.3 is 0 Å². The van der Waals surface area contributed by atoms with Crippen LogP contribution in [0.4, 0.5) is 11.5 Å². The third-order valence-electron chi connectivity index (χ3n) is 10.3. The first-order valence-corrected chi connectivity index (χ1v) is 15.4. The SMILES string of the molecule is Cc1ccc(C(C)C)cc1N1CCc2nc(C3C(C)CCC4NNC(C)C43)nc(N3CC[C@@H](N(C)C)C3)c2C1. The number of fused-ring (bicyclic) bond motifs is 2. The first-order chi connectivity index (χ1) is 18.7. The van der Waals surface area contributed by atoms with Gasteiger partial charge in [-0.2, -0.15) is 0 Å². The molecule has 3 aliphatic heterocycles. The second-order valence-electron chi connectivity index (χ2n) is 13.4. The summed E-state index contributed by atoms with van der Waals surface area (Å²) in [4.78, 5) is 18.5. The summed E-state index contributed by atoms with van der Waals surface area (Å²) in [6.07, 6.45) is 4.64. The molecule has 2 aromatic rings. The summed E-state index contributed by atoms with van der Waals surface area (Å²) in [7, 11) is 4.43. The summed E-state index contributed by atoms with van der Waals surface area (Å²) < 4.78 is 0. The molecule has 4 heterocycles. The van der Waals surface area contributed by atoms with E-state index < -0.39 is 0 Å². The fourth-order valence-corrected chi connectivity index (χ4v) is 7.75. The molecule has 1 aromatic heterocycles. The molecular formula is C32H49N7. The zero-order chi connectivity index (χ0) is 27.4. The highest BCUT2D eigenvalue weighted by Gasteiger charge is 2.46. The number of aryl methyl sites for hydroxylation is 1. The van der Waals surface area contributed by atoms with Gasteiger partial charge in [0, 0.05) is 73.8 Å². The summed E-state index contributed by atoms with van der Waals surface area (Å²) in [5.74, 6) is 4.36. The van der Waals surface area contributed by atoms with Crippen molar-refractivity contribution >= 4 is 11.5 Å². The van der Waals surface area contributed by atoms with Gasteiger partial charge in [0.2, 0.25) is 0 Å². The maximum atomic E-state index is 5.54. The summed E-state index contributed by atoms with van der Waals surface area (Å²) in [6, 6.07) is 8.53. The van der Waals surface area contributed by atoms with E-state index in [0.29, 0.717) is 41.8 Å². The van der Waals surface area contributed by atoms with Crippen molar-refractivity contribution in [3.05, 3.63) is 46.4 Å². The Kier molecular flexibility index (Phi) is 7.36. The van der Waals surface area contributed by atoms with Crippen LogP contribution in [0.25, 0.3) is 0 Å². The molecule has 1 saturated carbocycles. The number of hydrazine groups is 1. The van der Waals surface area contributed by atoms with Crippen molar-refractivity contribution in [2.24, 2.45) is 11.8 Å². The molecule has 6 rings (SSSR count). The fraction of sp³-hybridized carbons (Fsp3) is 0.688. The van der Waals surface area contributed by atoms with Crippen LogP contribution in [0, 0.1) is 18.8 Å². The van der Waals surface area contributed by atoms with Crippen LogP contribution >= 0.6 is 0 Å². The van der Waals surface area contributed by atoms with E-state index in [2.05, 4.69) is 92.5 Å². The molecule has 5 unspecified atom stereocenters. The Morgan fingerprint density at radius 1 is 1.00 bits per heavy atom. The Bertz CT molecular complexity index is 1190. The zero-order valence-electron chi connectivity index (χ0n) is 25.2. The minimum Gasteiger partial charge on any atom is -0.366 e. The quantitative estimate of drug-likeness (QED) is 0.585. The van der Waals surface area contributed by atoms with Gasteiger partial charge in [0.05, 0.1) is 5.69 Å². The number of anilines is 2. The van der Waals surface area contributed by atoms with E-state index in [0.717, 1.165) is 38.4 Å². The molecule has 1 aromatic carbocycles. The largest absolute Gasteiger partial charge is 0.366 e. The lowest BCUT2D eigenvalue weighted by molar-refractivity contribution is 0.197. The summed E-state index contributed by atoms with van der Waals surface area (Å²) >= 11 is 0. The number of hydrogen-bond donors (Lipinski definition) is 2. The van der Waals surface area contributed by atoms with E-state index in [9.17, 15) is 0 Å². The molecule has 2 N–H and O–H groups in total. The predicted molar refractivity (Wildman–Crippen MR) is 161 cm³/mol. The maximum Gasteiger partial charge on any atom is 0.137 e. The van der Waals surface area contributed by atoms with Crippen molar-refractivity contribution in [3.8, 4) is 0 Å². The standard InChI is InChI=1S/C32H49N7/c1-19(2)23-10-8-20(3)28(16-23)38-15-13-26-25(18-38)32(39-14-12-24(17-39)37(6)7)34-31(33-26)29-21(4)9-11-27-30(29)22(5)35-36-27/h8,10,16,19,21-22,24,27,29-30,35-36H,9,11-15,17-18H2,1-7H3/t21?,22?,24-,27?,29?,30?/m1/s1. The highest BCUT2D eigenvalue weighted by Crippen LogP contribution is 2.45. The lowest BCUT2D eigenvalue weighted by Crippen LogP contribution is -2.41. The topological polar surface area (TPSA) is 59.6 Å². The Labute approximate surface area is 235 Å². The number of aromatic nitrogens is 2. The molecule has 0 spiro atoms. The van der Waals surface area contributed by atoms with Crippen LogP contribution in [0.3, 0.4) is 0 Å². The Balaban J connectivity index is 1.40. The van der Waals surface area contributed by atoms with Gasteiger partial charge < -0.3 is 14.7 Å². The molecule has 7 nitrogen and oxygen atoms in total. The number of hydrogen-bond acceptors (Lipinski definition) is 7. The van der Waals surface area contributed by atoms with E-state index in [-0.39, 0.29) is 0 Å². The average molecular weight is 532 g/mol. The van der Waals surface area contributed by atoms with E-state index in [1.165, 1.54) is 53.2 Å². The molecule has 3 fully saturated rings. The van der Waals surface area contributed by atoms with Gasteiger partial charge in [-0.05, 0) is 76.2 Å². The number of rotatable bonds is 5. The van der Waals surface area contributed by atoms with Gasteiger partial charge in [0.15, 0.2) is 0 Å². The first kappa shape index (κ1) is 27.0. The molecule has 4 aliphatic rings. The van der Waals surface area contributed by atoms with Gasteiger partial charge in [-0.1, -0.05) is 32.9 Å². The minimum absolute atomic E-state index is 0.389. The first-order valence-electron chi connectivity index (χ1n) is 15.4. The van der Waals surface area contributed by atoms with Crippen LogP contribution in [0.5, 0.6) is 0 Å². The molecule has 0 bridgehead atoms. The zero-order valence-corrected chi connectivity index (χ0v) is 25.2. The number of benzene rings is 1. The second-order valence-corrected chi connectivity index (χ2v) is 13.4. The van der Waals surface area contributed by atoms with Crippen molar-refractivity contribution < 1.29 is 0 Å². The number of nitrogens with zero attached hydrogens (tertiary/aromatic N) is 5. The van der Waals surface area contributed by atoms with Crippen molar-refractivity contribution in [2.75, 3.05) is 43.5 Å². The molecule has 1 aliphatic carbocycles. The Hall–Kier alpha value is -2.22. The number of nitrogens with one attached hydrogen (secondary N) is 2. The Morgan fingerprint density at radius 2 is 1.82 bits per heavy atom. The van der Waals surface area contributed by atoms with E-state index >= 15 is 0 Å². The predicted octanol–water partition coefficient (Wildman–Crippen LogP) is 4.61. The normalized spacial score (nSPS) is 30.8. The highest BCUT2D eigenvalue weighted by atomic mass is 15.4. The van der Waals surface area contributed by atoms with E-state index in [1.54, 1.807) is 0 Å². The lowest BCUT2D eigenvalue weighted by Gasteiger charge is -2.40. The van der Waals surface area contributed by atoms with Gasteiger partial charge in [-0.3, -0.25) is 10.9 Å². The smallest absolute Gasteiger partial charge is 0.137 e. The molecule has 2 saturated heterocycles. The third-order valence-corrected chi connectivity index (χ3v) is 10.3. The molecule has 212 valence electrons. The molecule has 39 heavy (non-hydrogen) atoms. The summed E-state index contributed by atoms with van der Waals surface area (Å²) in [6.45, 7) is 15.6. The van der Waals surface area contributed by atoms with Gasteiger partial charge in [0.25, 0.3) is 0 Å². The van der Waals surface area contributed by atoms with E-state index in [1.807, 2.05) is 0 Å². The molecule has 6 atom stereocenters. The fourth-order valence-electron chi connectivity index (χ4n) is 7.75. The van der Waals surface area contributed by atoms with Crippen LogP contribution in [-0.2, 0) is 13.0 Å². The van der Waals surface area contributed by atoms with Crippen molar-refractivity contribution in [3.63, 3.8) is 0 Å². The molecule has 0 radical (unpaired) electrons. The van der Waals surface area contributed by atoms with Crippen molar-refractivity contribution in [1.29, 1.82) is 0 Å². The van der Waals surface area contributed by atoms with Gasteiger partial charge in [-0.15, -0.1) is 0 Å². The average Bonchev–Trinajstić information content (AvgIpc) is 3.56. The Morgan fingerprint density at radius 3 is 2.56 bits per heavy atom. The van der Waals surface area contributed by atoms with Crippen LogP contribution in [-0.4, -0.2) is 66.7 Å². The molecule has 0 amide bonds. The van der Waals surface area contributed by atoms with Crippen LogP contribution in [0.15, 0.2) is 18.2 Å². The molecule has 7 heteroatoms. The number of likely N-dealkylation sites (N-methyl/N-ethyl adjacent to an activating group) is 1.